The van der Waals surface area contributed by atoms with Gasteiger partial charge in [0.15, 0.2) is 0 Å². The van der Waals surface area contributed by atoms with Gasteiger partial charge < -0.3 is 14.2 Å². The number of aryl methyl sites for hydroxylation is 2. The molecule has 4 rings (SSSR count). The topological polar surface area (TPSA) is 112 Å². The average molecular weight is 383 g/mol. The number of rotatable bonds is 6. The highest BCUT2D eigenvalue weighted by molar-refractivity contribution is 5.79. The van der Waals surface area contributed by atoms with E-state index in [9.17, 15) is 4.79 Å². The zero-order valence-corrected chi connectivity index (χ0v) is 15.8. The van der Waals surface area contributed by atoms with Gasteiger partial charge in [-0.15, -0.1) is 5.10 Å². The molecule has 0 bridgehead atoms. The second-order valence-electron chi connectivity index (χ2n) is 6.78. The molecule has 1 fully saturated rings. The number of carbonyl (C=O) groups excluding carboxylic acids is 1. The summed E-state index contributed by atoms with van der Waals surface area (Å²) in [7, 11) is 0. The molecule has 3 aromatic heterocycles. The Morgan fingerprint density at radius 3 is 3.00 bits per heavy atom. The Morgan fingerprint density at radius 1 is 1.36 bits per heavy atom. The number of hydrogen-bond acceptors (Lipinski definition) is 8. The summed E-state index contributed by atoms with van der Waals surface area (Å²) in [6.07, 6.45) is 7.69. The lowest BCUT2D eigenvalue weighted by atomic mass is 10.1. The summed E-state index contributed by atoms with van der Waals surface area (Å²) in [6.45, 7) is 5.25. The van der Waals surface area contributed by atoms with Gasteiger partial charge in [-0.25, -0.2) is 9.67 Å². The lowest BCUT2D eigenvalue weighted by Crippen LogP contribution is -2.30. The molecule has 146 valence electrons. The SMILES string of the molecule is Cc1noc(C)c1CC(=O)N1CC[C@H](n2cc(COc3cnccn3)nn2)C1. The fraction of sp³-hybridized carbons (Fsp3) is 0.444. The van der Waals surface area contributed by atoms with Crippen molar-refractivity contribution in [3.63, 3.8) is 0 Å². The molecule has 10 nitrogen and oxygen atoms in total. The third kappa shape index (κ3) is 3.85. The van der Waals surface area contributed by atoms with E-state index in [2.05, 4.69) is 25.4 Å². The molecule has 1 atom stereocenters. The third-order valence-electron chi connectivity index (χ3n) is 4.86. The maximum atomic E-state index is 12.6. The molecule has 0 aromatic carbocycles. The zero-order chi connectivity index (χ0) is 19.5. The number of amides is 1. The molecule has 0 saturated carbocycles. The first kappa shape index (κ1) is 18.1. The van der Waals surface area contributed by atoms with Crippen LogP contribution in [-0.4, -0.2) is 54.0 Å². The fourth-order valence-corrected chi connectivity index (χ4v) is 3.27. The predicted octanol–water partition coefficient (Wildman–Crippen LogP) is 1.27. The van der Waals surface area contributed by atoms with Crippen LogP contribution in [0.5, 0.6) is 5.88 Å². The highest BCUT2D eigenvalue weighted by atomic mass is 16.5. The van der Waals surface area contributed by atoms with Gasteiger partial charge in [-0.3, -0.25) is 9.78 Å². The number of aromatic nitrogens is 6. The van der Waals surface area contributed by atoms with Crippen molar-refractivity contribution in [2.45, 2.75) is 39.3 Å². The molecule has 1 amide bonds. The van der Waals surface area contributed by atoms with Crippen LogP contribution in [-0.2, 0) is 17.8 Å². The third-order valence-corrected chi connectivity index (χ3v) is 4.86. The van der Waals surface area contributed by atoms with Gasteiger partial charge in [-0.2, -0.15) is 0 Å². The van der Waals surface area contributed by atoms with Crippen molar-refractivity contribution in [3.8, 4) is 5.88 Å². The van der Waals surface area contributed by atoms with Gasteiger partial charge in [0, 0.05) is 31.0 Å². The van der Waals surface area contributed by atoms with E-state index >= 15 is 0 Å². The highest BCUT2D eigenvalue weighted by Gasteiger charge is 2.29. The largest absolute Gasteiger partial charge is 0.470 e. The molecule has 0 N–H and O–H groups in total. The van der Waals surface area contributed by atoms with Crippen LogP contribution in [0.4, 0.5) is 0 Å². The van der Waals surface area contributed by atoms with Crippen molar-refractivity contribution in [1.82, 2.24) is 35.0 Å². The Labute approximate surface area is 161 Å². The van der Waals surface area contributed by atoms with Crippen LogP contribution in [0.2, 0.25) is 0 Å². The van der Waals surface area contributed by atoms with E-state index in [-0.39, 0.29) is 18.6 Å². The summed E-state index contributed by atoms with van der Waals surface area (Å²) in [5.74, 6) is 1.21. The summed E-state index contributed by atoms with van der Waals surface area (Å²) in [6, 6.07) is 0.103. The number of likely N-dealkylation sites (tertiary alicyclic amines) is 1. The summed E-state index contributed by atoms with van der Waals surface area (Å²) in [4.78, 5) is 22.5. The normalized spacial score (nSPS) is 16.5. The molecule has 0 unspecified atom stereocenters. The molecule has 0 spiro atoms. The van der Waals surface area contributed by atoms with E-state index in [1.165, 1.54) is 0 Å². The number of ether oxygens (including phenoxy) is 1. The van der Waals surface area contributed by atoms with Gasteiger partial charge in [0.05, 0.1) is 30.6 Å². The van der Waals surface area contributed by atoms with Crippen LogP contribution < -0.4 is 4.74 Å². The van der Waals surface area contributed by atoms with Crippen LogP contribution in [0.15, 0.2) is 29.3 Å². The van der Waals surface area contributed by atoms with Crippen molar-refractivity contribution in [3.05, 3.63) is 47.5 Å². The van der Waals surface area contributed by atoms with Crippen molar-refractivity contribution >= 4 is 5.91 Å². The minimum atomic E-state index is 0.0724. The van der Waals surface area contributed by atoms with Crippen LogP contribution in [0.1, 0.15) is 35.2 Å². The van der Waals surface area contributed by atoms with Gasteiger partial charge >= 0.3 is 0 Å². The van der Waals surface area contributed by atoms with Crippen molar-refractivity contribution in [2.75, 3.05) is 13.1 Å². The minimum Gasteiger partial charge on any atom is -0.470 e. The summed E-state index contributed by atoms with van der Waals surface area (Å²) in [5.41, 5.74) is 2.34. The monoisotopic (exact) mass is 383 g/mol. The van der Waals surface area contributed by atoms with E-state index in [0.717, 1.165) is 17.7 Å². The molecule has 1 saturated heterocycles. The Balaban J connectivity index is 1.33. The van der Waals surface area contributed by atoms with Crippen LogP contribution in [0, 0.1) is 13.8 Å². The second kappa shape index (κ2) is 7.75. The first-order chi connectivity index (χ1) is 13.6. The van der Waals surface area contributed by atoms with E-state index in [1.54, 1.807) is 23.3 Å². The van der Waals surface area contributed by atoms with Gasteiger partial charge in [0.25, 0.3) is 0 Å². The van der Waals surface area contributed by atoms with Crippen molar-refractivity contribution < 1.29 is 14.1 Å². The van der Waals surface area contributed by atoms with Crippen LogP contribution >= 0.6 is 0 Å². The van der Waals surface area contributed by atoms with Gasteiger partial charge in [0.1, 0.15) is 18.1 Å². The quantitative estimate of drug-likeness (QED) is 0.625. The molecule has 0 radical (unpaired) electrons. The van der Waals surface area contributed by atoms with Gasteiger partial charge in [0.2, 0.25) is 11.8 Å². The molecular weight excluding hydrogens is 362 g/mol. The molecule has 1 aliphatic heterocycles. The number of carbonyl (C=O) groups is 1. The van der Waals surface area contributed by atoms with Gasteiger partial charge in [-0.05, 0) is 20.3 Å². The number of nitrogens with zero attached hydrogens (tertiary/aromatic N) is 7. The van der Waals surface area contributed by atoms with E-state index in [4.69, 9.17) is 9.26 Å². The Hall–Kier alpha value is -3.30. The Morgan fingerprint density at radius 2 is 2.25 bits per heavy atom. The maximum Gasteiger partial charge on any atom is 0.232 e. The molecule has 0 aliphatic carbocycles. The summed E-state index contributed by atoms with van der Waals surface area (Å²) < 4.78 is 12.5. The molecule has 3 aromatic rings. The Bertz CT molecular complexity index is 934. The first-order valence-corrected chi connectivity index (χ1v) is 9.09. The lowest BCUT2D eigenvalue weighted by molar-refractivity contribution is -0.129. The number of hydrogen-bond donors (Lipinski definition) is 0. The fourth-order valence-electron chi connectivity index (χ4n) is 3.27. The molecule has 10 heteroatoms. The average Bonchev–Trinajstić information content (AvgIpc) is 3.44. The lowest BCUT2D eigenvalue weighted by Gasteiger charge is -2.16. The smallest absolute Gasteiger partial charge is 0.232 e. The molecule has 1 aliphatic rings. The molecular formula is C18H21N7O3. The predicted molar refractivity (Wildman–Crippen MR) is 96.3 cm³/mol. The van der Waals surface area contributed by atoms with E-state index < -0.39 is 0 Å². The van der Waals surface area contributed by atoms with E-state index in [0.29, 0.717) is 36.8 Å². The van der Waals surface area contributed by atoms with Gasteiger partial charge in [-0.1, -0.05) is 10.4 Å². The first-order valence-electron chi connectivity index (χ1n) is 9.09. The van der Waals surface area contributed by atoms with Crippen molar-refractivity contribution in [2.24, 2.45) is 0 Å². The Kier molecular flexibility index (Phi) is 5.00. The second-order valence-corrected chi connectivity index (χ2v) is 6.78. The zero-order valence-electron chi connectivity index (χ0n) is 15.8. The van der Waals surface area contributed by atoms with E-state index in [1.807, 2.05) is 24.9 Å². The summed E-state index contributed by atoms with van der Waals surface area (Å²) in [5, 5.41) is 12.3. The minimum absolute atomic E-state index is 0.0724. The standard InChI is InChI=1S/C18H21N7O3/c1-12-16(13(2)28-22-12)7-18(26)24-6-3-15(10-24)25-9-14(21-23-25)11-27-17-8-19-4-5-20-17/h4-5,8-9,15H,3,6-7,10-11H2,1-2H3/t15-/m0/s1. The highest BCUT2D eigenvalue weighted by Crippen LogP contribution is 2.23. The molecule has 4 heterocycles. The molecule has 28 heavy (non-hydrogen) atoms. The van der Waals surface area contributed by atoms with Crippen LogP contribution in [0.25, 0.3) is 0 Å². The summed E-state index contributed by atoms with van der Waals surface area (Å²) >= 11 is 0. The maximum absolute atomic E-state index is 12.6. The van der Waals surface area contributed by atoms with Crippen LogP contribution in [0.3, 0.4) is 0 Å². The van der Waals surface area contributed by atoms with Crippen molar-refractivity contribution in [1.29, 1.82) is 0 Å².